The molecule has 78 valence electrons. The Morgan fingerprint density at radius 3 is 2.60 bits per heavy atom. The number of allylic oxidation sites excluding steroid dienone is 1. The highest BCUT2D eigenvalue weighted by atomic mass is 16.1. The highest BCUT2D eigenvalue weighted by Gasteiger charge is 2.06. The quantitative estimate of drug-likeness (QED) is 0.800. The van der Waals surface area contributed by atoms with Gasteiger partial charge in [-0.3, -0.25) is 4.79 Å². The van der Waals surface area contributed by atoms with Gasteiger partial charge in [0, 0.05) is 5.56 Å². The zero-order valence-electron chi connectivity index (χ0n) is 9.08. The molecule has 0 saturated carbocycles. The summed E-state index contributed by atoms with van der Waals surface area (Å²) >= 11 is 0. The lowest BCUT2D eigenvalue weighted by Gasteiger charge is -2.04. The van der Waals surface area contributed by atoms with Crippen LogP contribution in [0.25, 0.3) is 6.08 Å². The van der Waals surface area contributed by atoms with Gasteiger partial charge >= 0.3 is 0 Å². The first kappa shape index (κ1) is 11.2. The summed E-state index contributed by atoms with van der Waals surface area (Å²) in [7, 11) is 0. The minimum Gasteiger partial charge on any atom is -0.329 e. The smallest absolute Gasteiger partial charge is 0.255 e. The molecule has 15 heavy (non-hydrogen) atoms. The predicted octanol–water partition coefficient (Wildman–Crippen LogP) is 2.98. The molecule has 0 heterocycles. The van der Waals surface area contributed by atoms with Gasteiger partial charge in [0.15, 0.2) is 0 Å². The molecule has 0 bridgehead atoms. The molecular weight excluding hydrogens is 186 g/mol. The van der Waals surface area contributed by atoms with Gasteiger partial charge in [0.25, 0.3) is 5.91 Å². The summed E-state index contributed by atoms with van der Waals surface area (Å²) in [5, 5.41) is 2.57. The van der Waals surface area contributed by atoms with E-state index in [4.69, 9.17) is 0 Å². The number of rotatable bonds is 3. The van der Waals surface area contributed by atoms with Gasteiger partial charge in [-0.05, 0) is 31.7 Å². The van der Waals surface area contributed by atoms with Crippen LogP contribution < -0.4 is 5.32 Å². The van der Waals surface area contributed by atoms with Gasteiger partial charge in [-0.2, -0.15) is 0 Å². The summed E-state index contributed by atoms with van der Waals surface area (Å²) in [4.78, 5) is 11.6. The molecule has 0 aromatic heterocycles. The lowest BCUT2D eigenvalue weighted by atomic mass is 10.0. The molecule has 0 fully saturated rings. The van der Waals surface area contributed by atoms with E-state index < -0.39 is 0 Å². The van der Waals surface area contributed by atoms with Gasteiger partial charge in [-0.25, -0.2) is 0 Å². The third kappa shape index (κ3) is 3.09. The van der Waals surface area contributed by atoms with Gasteiger partial charge in [0.05, 0.1) is 0 Å². The molecule has 2 heteroatoms. The molecule has 2 nitrogen and oxygen atoms in total. The number of nitrogens with one attached hydrogen (secondary N) is 1. The molecule has 0 unspecified atom stereocenters. The lowest BCUT2D eigenvalue weighted by molar-refractivity contribution is 0.0970. The van der Waals surface area contributed by atoms with Gasteiger partial charge in [0.1, 0.15) is 0 Å². The second-order valence-corrected chi connectivity index (χ2v) is 3.49. The topological polar surface area (TPSA) is 29.1 Å². The van der Waals surface area contributed by atoms with Gasteiger partial charge in [-0.15, -0.1) is 0 Å². The molecule has 0 aliphatic rings. The molecule has 1 rings (SSSR count). The van der Waals surface area contributed by atoms with E-state index in [9.17, 15) is 4.79 Å². The van der Waals surface area contributed by atoms with Gasteiger partial charge in [-0.1, -0.05) is 36.4 Å². The summed E-state index contributed by atoms with van der Waals surface area (Å²) in [5.74, 6) is -0.127. The predicted molar refractivity (Wildman–Crippen MR) is 63.4 cm³/mol. The molecule has 0 spiro atoms. The van der Waals surface area contributed by atoms with E-state index in [1.807, 2.05) is 38.1 Å². The van der Waals surface area contributed by atoms with E-state index in [1.54, 1.807) is 6.07 Å². The summed E-state index contributed by atoms with van der Waals surface area (Å²) < 4.78 is 0. The maximum absolute atomic E-state index is 11.6. The normalized spacial score (nSPS) is 9.20. The summed E-state index contributed by atoms with van der Waals surface area (Å²) in [6.45, 7) is 7.47. The largest absolute Gasteiger partial charge is 0.329 e. The minimum absolute atomic E-state index is 0.127. The average Bonchev–Trinajstić information content (AvgIpc) is 2.18. The fourth-order valence-electron chi connectivity index (χ4n) is 1.31. The molecular formula is C13H15NO. The third-order valence-corrected chi connectivity index (χ3v) is 1.88. The van der Waals surface area contributed by atoms with Crippen molar-refractivity contribution in [1.29, 1.82) is 0 Å². The van der Waals surface area contributed by atoms with E-state index in [0.717, 1.165) is 11.1 Å². The monoisotopic (exact) mass is 201 g/mol. The van der Waals surface area contributed by atoms with Crippen LogP contribution in [0.4, 0.5) is 0 Å². The van der Waals surface area contributed by atoms with E-state index in [-0.39, 0.29) is 5.91 Å². The maximum Gasteiger partial charge on any atom is 0.255 e. The summed E-state index contributed by atoms with van der Waals surface area (Å²) in [5.41, 5.74) is 2.75. The van der Waals surface area contributed by atoms with Crippen LogP contribution in [0.15, 0.2) is 42.6 Å². The summed E-state index contributed by atoms with van der Waals surface area (Å²) in [6, 6.07) is 7.48. The zero-order valence-corrected chi connectivity index (χ0v) is 9.08. The Labute approximate surface area is 90.3 Å². The van der Waals surface area contributed by atoms with E-state index >= 15 is 0 Å². The van der Waals surface area contributed by atoms with Crippen LogP contribution in [0.2, 0.25) is 0 Å². The van der Waals surface area contributed by atoms with Crippen molar-refractivity contribution in [3.8, 4) is 0 Å². The van der Waals surface area contributed by atoms with Crippen molar-refractivity contribution in [3.63, 3.8) is 0 Å². The fourth-order valence-corrected chi connectivity index (χ4v) is 1.31. The first-order chi connectivity index (χ1) is 7.15. The molecule has 1 amide bonds. The minimum atomic E-state index is -0.127. The molecule has 0 aliphatic carbocycles. The van der Waals surface area contributed by atoms with Crippen molar-refractivity contribution < 1.29 is 4.79 Å². The standard InChI is InChI=1S/C13H15NO/c1-4-14-13(15)12-8-6-5-7-11(12)9-10(2)3/h4-9H,1H2,2-3H3,(H,14,15). The van der Waals surface area contributed by atoms with Crippen LogP contribution in [0.5, 0.6) is 0 Å². The molecule has 0 saturated heterocycles. The fraction of sp³-hybridized carbons (Fsp3) is 0.154. The Hall–Kier alpha value is -1.83. The van der Waals surface area contributed by atoms with Crippen molar-refractivity contribution in [1.82, 2.24) is 5.32 Å². The van der Waals surface area contributed by atoms with E-state index in [2.05, 4.69) is 11.9 Å². The number of hydrogen-bond acceptors (Lipinski definition) is 1. The van der Waals surface area contributed by atoms with Crippen molar-refractivity contribution in [2.24, 2.45) is 0 Å². The first-order valence-corrected chi connectivity index (χ1v) is 4.81. The molecule has 0 aliphatic heterocycles. The number of carbonyl (C=O) groups is 1. The lowest BCUT2D eigenvalue weighted by Crippen LogP contribution is -2.17. The molecule has 1 N–H and O–H groups in total. The van der Waals surface area contributed by atoms with Crippen LogP contribution >= 0.6 is 0 Å². The zero-order chi connectivity index (χ0) is 11.3. The average molecular weight is 201 g/mol. The van der Waals surface area contributed by atoms with Crippen molar-refractivity contribution in [2.45, 2.75) is 13.8 Å². The number of hydrogen-bond donors (Lipinski definition) is 1. The highest BCUT2D eigenvalue weighted by molar-refractivity contribution is 5.98. The Morgan fingerprint density at radius 1 is 1.33 bits per heavy atom. The number of benzene rings is 1. The van der Waals surface area contributed by atoms with Crippen LogP contribution in [-0.2, 0) is 0 Å². The molecule has 0 radical (unpaired) electrons. The van der Waals surface area contributed by atoms with Gasteiger partial charge < -0.3 is 5.32 Å². The Balaban J connectivity index is 3.11. The molecule has 0 atom stereocenters. The first-order valence-electron chi connectivity index (χ1n) is 4.81. The van der Waals surface area contributed by atoms with Crippen LogP contribution in [0.3, 0.4) is 0 Å². The maximum atomic E-state index is 11.6. The van der Waals surface area contributed by atoms with E-state index in [0.29, 0.717) is 5.56 Å². The highest BCUT2D eigenvalue weighted by Crippen LogP contribution is 2.12. The van der Waals surface area contributed by atoms with Crippen LogP contribution in [0, 0.1) is 0 Å². The molecule has 1 aromatic carbocycles. The number of amides is 1. The SMILES string of the molecule is C=CNC(=O)c1ccccc1C=C(C)C. The second-order valence-electron chi connectivity index (χ2n) is 3.49. The second kappa shape index (κ2) is 5.15. The van der Waals surface area contributed by atoms with Crippen molar-refractivity contribution in [2.75, 3.05) is 0 Å². The Bertz CT molecular complexity index is 401. The van der Waals surface area contributed by atoms with Crippen molar-refractivity contribution in [3.05, 3.63) is 53.7 Å². The molecule has 1 aromatic rings. The third-order valence-electron chi connectivity index (χ3n) is 1.88. The van der Waals surface area contributed by atoms with Gasteiger partial charge in [0.2, 0.25) is 0 Å². The summed E-state index contributed by atoms with van der Waals surface area (Å²) in [6.07, 6.45) is 3.37. The van der Waals surface area contributed by atoms with Crippen LogP contribution in [-0.4, -0.2) is 5.91 Å². The Morgan fingerprint density at radius 2 is 2.00 bits per heavy atom. The van der Waals surface area contributed by atoms with E-state index in [1.165, 1.54) is 6.20 Å². The van der Waals surface area contributed by atoms with Crippen molar-refractivity contribution >= 4 is 12.0 Å². The number of carbonyl (C=O) groups excluding carboxylic acids is 1. The Kier molecular flexibility index (Phi) is 3.86. The van der Waals surface area contributed by atoms with Crippen LogP contribution in [0.1, 0.15) is 29.8 Å².